The maximum atomic E-state index is 13.0. The summed E-state index contributed by atoms with van der Waals surface area (Å²) < 4.78 is 1.14. The molecule has 1 fully saturated rings. The van der Waals surface area contributed by atoms with Gasteiger partial charge in [0.25, 0.3) is 5.56 Å². The van der Waals surface area contributed by atoms with Crippen molar-refractivity contribution < 1.29 is 5.11 Å². The Morgan fingerprint density at radius 2 is 1.85 bits per heavy atom. The van der Waals surface area contributed by atoms with Crippen molar-refractivity contribution in [1.82, 2.24) is 25.1 Å². The Balaban J connectivity index is 1.45. The van der Waals surface area contributed by atoms with Gasteiger partial charge in [0.1, 0.15) is 11.2 Å². The predicted molar refractivity (Wildman–Crippen MR) is 134 cm³/mol. The fraction of sp³-hybridized carbons (Fsp3) is 0.217. The quantitative estimate of drug-likeness (QED) is 0.385. The molecule has 0 atom stereocenters. The van der Waals surface area contributed by atoms with Crippen LogP contribution in [0.2, 0.25) is 10.0 Å². The van der Waals surface area contributed by atoms with Crippen molar-refractivity contribution in [2.75, 3.05) is 36.4 Å². The molecular weight excluding hydrogens is 477 g/mol. The zero-order valence-corrected chi connectivity index (χ0v) is 19.5. The maximum absolute atomic E-state index is 13.0. The lowest BCUT2D eigenvalue weighted by atomic mass is 10.1. The number of piperazine rings is 1. The number of benzene rings is 2. The van der Waals surface area contributed by atoms with Crippen molar-refractivity contribution in [2.45, 2.75) is 6.61 Å². The van der Waals surface area contributed by atoms with Gasteiger partial charge in [-0.1, -0.05) is 29.3 Å². The molecule has 5 rings (SSSR count). The van der Waals surface area contributed by atoms with Crippen molar-refractivity contribution >= 4 is 51.4 Å². The van der Waals surface area contributed by atoms with Gasteiger partial charge < -0.3 is 20.6 Å². The Labute approximate surface area is 205 Å². The number of hydrogen-bond donors (Lipinski definition) is 3. The second kappa shape index (κ2) is 9.55. The van der Waals surface area contributed by atoms with Gasteiger partial charge in [0.05, 0.1) is 28.2 Å². The van der Waals surface area contributed by atoms with Crippen LogP contribution in [-0.4, -0.2) is 51.0 Å². The minimum absolute atomic E-state index is 0.0819. The highest BCUT2D eigenvalue weighted by atomic mass is 35.5. The van der Waals surface area contributed by atoms with Gasteiger partial charge in [-0.2, -0.15) is 9.78 Å². The molecule has 11 heteroatoms. The first-order chi connectivity index (χ1) is 16.5. The molecule has 3 heterocycles. The van der Waals surface area contributed by atoms with Crippen LogP contribution in [-0.2, 0) is 6.61 Å². The number of fused-ring (bicyclic) bond motifs is 1. The molecule has 2 aromatic carbocycles. The number of aliphatic hydroxyl groups is 1. The third-order valence-electron chi connectivity index (χ3n) is 5.65. The Kier molecular flexibility index (Phi) is 6.34. The molecule has 174 valence electrons. The van der Waals surface area contributed by atoms with E-state index in [4.69, 9.17) is 23.2 Å². The van der Waals surface area contributed by atoms with Crippen molar-refractivity contribution in [1.29, 1.82) is 0 Å². The molecule has 34 heavy (non-hydrogen) atoms. The molecule has 0 saturated carbocycles. The zero-order valence-electron chi connectivity index (χ0n) is 18.0. The number of aliphatic hydroxyl groups excluding tert-OH is 1. The van der Waals surface area contributed by atoms with Gasteiger partial charge in [0.2, 0.25) is 5.95 Å². The number of nitrogens with zero attached hydrogens (tertiary/aromatic N) is 5. The van der Waals surface area contributed by atoms with Crippen LogP contribution >= 0.6 is 23.2 Å². The number of aromatic nitrogens is 4. The first-order valence-corrected chi connectivity index (χ1v) is 11.5. The summed E-state index contributed by atoms with van der Waals surface area (Å²) in [7, 11) is 0. The van der Waals surface area contributed by atoms with Gasteiger partial charge >= 0.3 is 0 Å². The van der Waals surface area contributed by atoms with Crippen molar-refractivity contribution in [3.05, 3.63) is 74.8 Å². The summed E-state index contributed by atoms with van der Waals surface area (Å²) in [6.45, 7) is 3.51. The van der Waals surface area contributed by atoms with E-state index in [9.17, 15) is 9.90 Å². The predicted octanol–water partition coefficient (Wildman–Crippen LogP) is 3.13. The molecule has 1 aliphatic rings. The molecule has 0 bridgehead atoms. The SMILES string of the molecule is O=c1c2cnc(Nc3ccc(N4CCNCC4)c(CO)c3)nc2cnn1-c1c(Cl)cccc1Cl. The van der Waals surface area contributed by atoms with E-state index in [-0.39, 0.29) is 12.0 Å². The molecular formula is C23H21Cl2N7O2. The normalized spacial score (nSPS) is 13.9. The highest BCUT2D eigenvalue weighted by Gasteiger charge is 2.16. The lowest BCUT2D eigenvalue weighted by Gasteiger charge is -2.31. The summed E-state index contributed by atoms with van der Waals surface area (Å²) >= 11 is 12.5. The van der Waals surface area contributed by atoms with E-state index in [2.05, 4.69) is 30.6 Å². The zero-order chi connectivity index (χ0) is 23.7. The van der Waals surface area contributed by atoms with E-state index < -0.39 is 5.56 Å². The number of anilines is 3. The van der Waals surface area contributed by atoms with E-state index in [1.165, 1.54) is 12.4 Å². The van der Waals surface area contributed by atoms with Gasteiger partial charge in [-0.05, 0) is 30.3 Å². The molecule has 3 N–H and O–H groups in total. The smallest absolute Gasteiger partial charge is 0.282 e. The number of hydrogen-bond acceptors (Lipinski definition) is 8. The number of nitrogens with one attached hydrogen (secondary N) is 2. The lowest BCUT2D eigenvalue weighted by molar-refractivity contribution is 0.282. The van der Waals surface area contributed by atoms with Crippen LogP contribution in [0.3, 0.4) is 0 Å². The van der Waals surface area contributed by atoms with Gasteiger partial charge in [0.15, 0.2) is 0 Å². The summed E-state index contributed by atoms with van der Waals surface area (Å²) in [4.78, 5) is 24.0. The summed E-state index contributed by atoms with van der Waals surface area (Å²) in [6.07, 6.45) is 2.91. The Bertz CT molecular complexity index is 1400. The van der Waals surface area contributed by atoms with E-state index >= 15 is 0 Å². The number of halogens is 2. The minimum atomic E-state index is -0.429. The van der Waals surface area contributed by atoms with E-state index in [0.29, 0.717) is 27.2 Å². The fourth-order valence-electron chi connectivity index (χ4n) is 3.98. The van der Waals surface area contributed by atoms with Crippen LogP contribution in [0.4, 0.5) is 17.3 Å². The highest BCUT2D eigenvalue weighted by Crippen LogP contribution is 2.28. The van der Waals surface area contributed by atoms with E-state index in [1.54, 1.807) is 18.2 Å². The highest BCUT2D eigenvalue weighted by molar-refractivity contribution is 6.37. The van der Waals surface area contributed by atoms with Gasteiger partial charge in [-0.15, -0.1) is 0 Å². The topological polar surface area (TPSA) is 108 Å². The van der Waals surface area contributed by atoms with Crippen LogP contribution in [0.15, 0.2) is 53.6 Å². The Hall–Kier alpha value is -3.24. The molecule has 1 saturated heterocycles. The molecule has 0 spiro atoms. The molecule has 0 amide bonds. The van der Waals surface area contributed by atoms with E-state index in [0.717, 1.165) is 47.8 Å². The maximum Gasteiger partial charge on any atom is 0.282 e. The first kappa shape index (κ1) is 22.5. The van der Waals surface area contributed by atoms with Gasteiger partial charge in [-0.3, -0.25) is 4.79 Å². The number of para-hydroxylation sites is 1. The van der Waals surface area contributed by atoms with E-state index in [1.807, 2.05) is 18.2 Å². The average Bonchev–Trinajstić information content (AvgIpc) is 2.85. The summed E-state index contributed by atoms with van der Waals surface area (Å²) in [5, 5.41) is 21.5. The second-order valence-electron chi connectivity index (χ2n) is 7.79. The third kappa shape index (κ3) is 4.30. The first-order valence-electron chi connectivity index (χ1n) is 10.7. The molecule has 4 aromatic rings. The molecule has 0 unspecified atom stereocenters. The third-order valence-corrected chi connectivity index (χ3v) is 6.26. The molecule has 0 aliphatic carbocycles. The fourth-order valence-corrected chi connectivity index (χ4v) is 4.54. The monoisotopic (exact) mass is 497 g/mol. The second-order valence-corrected chi connectivity index (χ2v) is 8.60. The minimum Gasteiger partial charge on any atom is -0.392 e. The largest absolute Gasteiger partial charge is 0.392 e. The number of rotatable bonds is 5. The molecule has 0 radical (unpaired) electrons. The van der Waals surface area contributed by atoms with Gasteiger partial charge in [0, 0.05) is 49.3 Å². The van der Waals surface area contributed by atoms with Crippen LogP contribution in [0, 0.1) is 0 Å². The van der Waals surface area contributed by atoms with Crippen LogP contribution in [0.25, 0.3) is 16.6 Å². The average molecular weight is 498 g/mol. The summed E-state index contributed by atoms with van der Waals surface area (Å²) in [6, 6.07) is 10.7. The molecule has 1 aliphatic heterocycles. The molecule has 9 nitrogen and oxygen atoms in total. The summed E-state index contributed by atoms with van der Waals surface area (Å²) in [5.74, 6) is 0.307. The Morgan fingerprint density at radius 1 is 1.09 bits per heavy atom. The standard InChI is InChI=1S/C23H21Cl2N7O2/c24-17-2-1-3-18(25)21(17)32-22(34)16-11-27-23(30-19(16)12-28-32)29-15-4-5-20(14(10-15)13-33)31-8-6-26-7-9-31/h1-5,10-12,26,33H,6-9,13H2,(H,27,29,30). The Morgan fingerprint density at radius 3 is 2.59 bits per heavy atom. The van der Waals surface area contributed by atoms with Crippen molar-refractivity contribution in [3.63, 3.8) is 0 Å². The van der Waals surface area contributed by atoms with Crippen LogP contribution in [0.5, 0.6) is 0 Å². The van der Waals surface area contributed by atoms with Crippen molar-refractivity contribution in [3.8, 4) is 5.69 Å². The van der Waals surface area contributed by atoms with Crippen LogP contribution < -0.4 is 21.1 Å². The summed E-state index contributed by atoms with van der Waals surface area (Å²) in [5.41, 5.74) is 2.81. The lowest BCUT2D eigenvalue weighted by Crippen LogP contribution is -2.43. The van der Waals surface area contributed by atoms with Crippen LogP contribution in [0.1, 0.15) is 5.56 Å². The van der Waals surface area contributed by atoms with Gasteiger partial charge in [-0.25, -0.2) is 9.97 Å². The van der Waals surface area contributed by atoms with Crippen molar-refractivity contribution in [2.24, 2.45) is 0 Å². The molecule has 2 aromatic heterocycles.